The van der Waals surface area contributed by atoms with Crippen LogP contribution in [0.4, 0.5) is 0 Å². The van der Waals surface area contributed by atoms with E-state index in [1.165, 1.54) is 24.1 Å². The van der Waals surface area contributed by atoms with E-state index in [2.05, 4.69) is 23.8 Å². The van der Waals surface area contributed by atoms with E-state index in [-0.39, 0.29) is 6.61 Å². The van der Waals surface area contributed by atoms with Crippen LogP contribution in [0.25, 0.3) is 0 Å². The third kappa shape index (κ3) is 3.59. The maximum atomic E-state index is 9.07. The highest BCUT2D eigenvalue weighted by atomic mass is 16.5. The van der Waals surface area contributed by atoms with Crippen molar-refractivity contribution >= 4 is 0 Å². The van der Waals surface area contributed by atoms with Gasteiger partial charge in [-0.15, -0.1) is 0 Å². The molecule has 1 saturated heterocycles. The molecule has 0 bridgehead atoms. The molecule has 0 amide bonds. The van der Waals surface area contributed by atoms with Gasteiger partial charge in [-0.1, -0.05) is 0 Å². The van der Waals surface area contributed by atoms with Crippen LogP contribution in [-0.4, -0.2) is 53.2 Å². The largest absolute Gasteiger partial charge is 0.394 e. The smallest absolute Gasteiger partial charge is 0.0644 e. The molecule has 1 aliphatic rings. The molecule has 0 aromatic carbocycles. The minimum atomic E-state index is 0.140. The monoisotopic (exact) mass is 281 g/mol. The lowest BCUT2D eigenvalue weighted by molar-refractivity contribution is 0.0872. The number of nitrogens with zero attached hydrogens (tertiary/aromatic N) is 3. The van der Waals surface area contributed by atoms with Crippen LogP contribution in [0.2, 0.25) is 0 Å². The van der Waals surface area contributed by atoms with Crippen LogP contribution in [0, 0.1) is 19.8 Å². The number of likely N-dealkylation sites (tertiary alicyclic amines) is 1. The van der Waals surface area contributed by atoms with E-state index in [1.54, 1.807) is 7.11 Å². The number of aliphatic hydroxyl groups is 1. The van der Waals surface area contributed by atoms with Crippen LogP contribution in [0.3, 0.4) is 0 Å². The third-order valence-corrected chi connectivity index (χ3v) is 4.23. The van der Waals surface area contributed by atoms with Gasteiger partial charge < -0.3 is 9.84 Å². The number of hydrogen-bond acceptors (Lipinski definition) is 4. The van der Waals surface area contributed by atoms with E-state index in [1.807, 2.05) is 4.68 Å². The normalized spacial score (nSPS) is 20.5. The second-order valence-electron chi connectivity index (χ2n) is 5.79. The summed E-state index contributed by atoms with van der Waals surface area (Å²) in [4.78, 5) is 2.51. The molecule has 2 heterocycles. The summed E-state index contributed by atoms with van der Waals surface area (Å²) in [5.74, 6) is 0.654. The van der Waals surface area contributed by atoms with Crippen LogP contribution >= 0.6 is 0 Å². The summed E-state index contributed by atoms with van der Waals surface area (Å²) in [7, 11) is 1.78. The quantitative estimate of drug-likeness (QED) is 0.855. The number of aromatic nitrogens is 2. The number of rotatable bonds is 6. The number of hydrogen-bond donors (Lipinski definition) is 1. The van der Waals surface area contributed by atoms with Crippen molar-refractivity contribution < 1.29 is 9.84 Å². The van der Waals surface area contributed by atoms with Crippen LogP contribution < -0.4 is 0 Å². The summed E-state index contributed by atoms with van der Waals surface area (Å²) >= 11 is 0. The van der Waals surface area contributed by atoms with Gasteiger partial charge in [-0.2, -0.15) is 5.10 Å². The first-order chi connectivity index (χ1) is 9.65. The fourth-order valence-electron chi connectivity index (χ4n) is 3.17. The highest BCUT2D eigenvalue weighted by molar-refractivity contribution is 5.24. The minimum absolute atomic E-state index is 0.140. The Balaban J connectivity index is 2.02. The van der Waals surface area contributed by atoms with Gasteiger partial charge in [-0.3, -0.25) is 9.58 Å². The zero-order chi connectivity index (χ0) is 14.5. The fraction of sp³-hybridized carbons (Fsp3) is 0.800. The molecule has 1 aromatic rings. The predicted molar refractivity (Wildman–Crippen MR) is 78.7 cm³/mol. The van der Waals surface area contributed by atoms with Gasteiger partial charge in [-0.05, 0) is 39.2 Å². The molecule has 1 atom stereocenters. The molecular formula is C15H27N3O2. The molecule has 0 aliphatic carbocycles. The van der Waals surface area contributed by atoms with Gasteiger partial charge in [0.1, 0.15) is 0 Å². The summed E-state index contributed by atoms with van der Waals surface area (Å²) in [6.45, 7) is 8.97. The van der Waals surface area contributed by atoms with Crippen LogP contribution in [-0.2, 0) is 17.8 Å². The summed E-state index contributed by atoms with van der Waals surface area (Å²) in [6, 6.07) is 0. The lowest BCUT2D eigenvalue weighted by atomic mass is 9.98. The summed E-state index contributed by atoms with van der Waals surface area (Å²) in [5, 5.41) is 13.6. The molecule has 0 saturated carbocycles. The van der Waals surface area contributed by atoms with Gasteiger partial charge in [0.05, 0.1) is 25.5 Å². The molecule has 5 nitrogen and oxygen atoms in total. The molecule has 114 valence electrons. The van der Waals surface area contributed by atoms with Crippen molar-refractivity contribution in [1.29, 1.82) is 0 Å². The highest BCUT2D eigenvalue weighted by Crippen LogP contribution is 2.21. The minimum Gasteiger partial charge on any atom is -0.394 e. The Labute approximate surface area is 121 Å². The van der Waals surface area contributed by atoms with Gasteiger partial charge in [0.15, 0.2) is 0 Å². The van der Waals surface area contributed by atoms with E-state index in [4.69, 9.17) is 9.84 Å². The first-order valence-corrected chi connectivity index (χ1v) is 7.50. The van der Waals surface area contributed by atoms with Gasteiger partial charge in [0.25, 0.3) is 0 Å². The molecule has 2 rings (SSSR count). The van der Waals surface area contributed by atoms with Crippen LogP contribution in [0.1, 0.15) is 29.8 Å². The molecule has 0 spiro atoms. The molecule has 20 heavy (non-hydrogen) atoms. The second-order valence-corrected chi connectivity index (χ2v) is 5.79. The molecular weight excluding hydrogens is 254 g/mol. The maximum Gasteiger partial charge on any atom is 0.0644 e. The lowest BCUT2D eigenvalue weighted by Crippen LogP contribution is -2.36. The zero-order valence-electron chi connectivity index (χ0n) is 12.9. The summed E-state index contributed by atoms with van der Waals surface area (Å²) in [5.41, 5.74) is 3.59. The number of aryl methyl sites for hydroxylation is 1. The van der Waals surface area contributed by atoms with Gasteiger partial charge in [0, 0.05) is 31.5 Å². The van der Waals surface area contributed by atoms with E-state index >= 15 is 0 Å². The first-order valence-electron chi connectivity index (χ1n) is 7.50. The number of piperidine rings is 1. The SMILES string of the molecule is COCC1CCCN(Cc2c(C)nn(CCO)c2C)C1. The second kappa shape index (κ2) is 7.20. The number of ether oxygens (including phenoxy) is 1. The Morgan fingerprint density at radius 1 is 1.40 bits per heavy atom. The molecule has 5 heteroatoms. The number of aliphatic hydroxyl groups excluding tert-OH is 1. The molecule has 1 fully saturated rings. The average molecular weight is 281 g/mol. The molecule has 1 aliphatic heterocycles. The topological polar surface area (TPSA) is 50.5 Å². The number of methoxy groups -OCH3 is 1. The van der Waals surface area contributed by atoms with Gasteiger partial charge in [0.2, 0.25) is 0 Å². The Hall–Kier alpha value is -0.910. The molecule has 1 unspecified atom stereocenters. The van der Waals surface area contributed by atoms with E-state index in [9.17, 15) is 0 Å². The van der Waals surface area contributed by atoms with Crippen molar-refractivity contribution in [3.8, 4) is 0 Å². The summed E-state index contributed by atoms with van der Waals surface area (Å²) in [6.07, 6.45) is 2.52. The standard InChI is InChI=1S/C15H27N3O2/c1-12-15(13(2)18(16-12)7-8-19)10-17-6-4-5-14(9-17)11-20-3/h14,19H,4-11H2,1-3H3. The highest BCUT2D eigenvalue weighted by Gasteiger charge is 2.22. The van der Waals surface area contributed by atoms with Crippen molar-refractivity contribution in [2.24, 2.45) is 5.92 Å². The summed E-state index contributed by atoms with van der Waals surface area (Å²) < 4.78 is 7.21. The van der Waals surface area contributed by atoms with Crippen molar-refractivity contribution in [2.45, 2.75) is 39.8 Å². The predicted octanol–water partition coefficient (Wildman–Crippen LogP) is 1.35. The van der Waals surface area contributed by atoms with E-state index in [0.29, 0.717) is 12.5 Å². The zero-order valence-corrected chi connectivity index (χ0v) is 12.9. The van der Waals surface area contributed by atoms with E-state index in [0.717, 1.165) is 31.9 Å². The first kappa shape index (κ1) is 15.5. The van der Waals surface area contributed by atoms with Crippen molar-refractivity contribution in [1.82, 2.24) is 14.7 Å². The van der Waals surface area contributed by atoms with Crippen LogP contribution in [0.5, 0.6) is 0 Å². The Kier molecular flexibility index (Phi) is 5.57. The Morgan fingerprint density at radius 3 is 2.90 bits per heavy atom. The average Bonchev–Trinajstić information content (AvgIpc) is 2.68. The Bertz CT molecular complexity index is 429. The van der Waals surface area contributed by atoms with E-state index < -0.39 is 0 Å². The lowest BCUT2D eigenvalue weighted by Gasteiger charge is -2.32. The third-order valence-electron chi connectivity index (χ3n) is 4.23. The van der Waals surface area contributed by atoms with Crippen molar-refractivity contribution in [3.63, 3.8) is 0 Å². The van der Waals surface area contributed by atoms with Gasteiger partial charge in [-0.25, -0.2) is 0 Å². The van der Waals surface area contributed by atoms with Crippen LogP contribution in [0.15, 0.2) is 0 Å². The molecule has 0 radical (unpaired) electrons. The Morgan fingerprint density at radius 2 is 2.20 bits per heavy atom. The molecule has 1 N–H and O–H groups in total. The van der Waals surface area contributed by atoms with Gasteiger partial charge >= 0.3 is 0 Å². The fourth-order valence-corrected chi connectivity index (χ4v) is 3.17. The van der Waals surface area contributed by atoms with Crippen molar-refractivity contribution in [2.75, 3.05) is 33.4 Å². The molecule has 1 aromatic heterocycles. The van der Waals surface area contributed by atoms with Crippen molar-refractivity contribution in [3.05, 3.63) is 17.0 Å². The maximum absolute atomic E-state index is 9.07.